The van der Waals surface area contributed by atoms with Crippen molar-refractivity contribution in [1.82, 2.24) is 4.90 Å². The van der Waals surface area contributed by atoms with E-state index < -0.39 is 0 Å². The minimum absolute atomic E-state index is 0.260. The van der Waals surface area contributed by atoms with Crippen LogP contribution in [0.15, 0.2) is 72.8 Å². The summed E-state index contributed by atoms with van der Waals surface area (Å²) in [4.78, 5) is 4.80. The molecule has 0 spiro atoms. The molecule has 0 unspecified atom stereocenters. The molecule has 0 atom stereocenters. The summed E-state index contributed by atoms with van der Waals surface area (Å²) in [5.74, 6) is 0.526. The summed E-state index contributed by atoms with van der Waals surface area (Å²) in [6.45, 7) is 6.41. The Morgan fingerprint density at radius 3 is 1.61 bits per heavy atom. The molecule has 2 N–H and O–H groups in total. The predicted molar refractivity (Wildman–Crippen MR) is 129 cm³/mol. The van der Waals surface area contributed by atoms with Gasteiger partial charge in [0.1, 0.15) is 11.5 Å². The van der Waals surface area contributed by atoms with E-state index in [0.717, 1.165) is 54.9 Å². The number of phenolic OH excluding ortho intramolecular Hbond substituents is 2. The van der Waals surface area contributed by atoms with Crippen LogP contribution in [0.1, 0.15) is 30.0 Å². The topological polar surface area (TPSA) is 46.9 Å². The molecule has 1 heterocycles. The summed E-state index contributed by atoms with van der Waals surface area (Å²) in [7, 11) is 2.17. The van der Waals surface area contributed by atoms with Gasteiger partial charge in [0.05, 0.1) is 0 Å². The van der Waals surface area contributed by atoms with Crippen LogP contribution < -0.4 is 4.90 Å². The molecule has 0 bridgehead atoms. The summed E-state index contributed by atoms with van der Waals surface area (Å²) in [6.07, 6.45) is 0.848. The average molecular weight is 415 g/mol. The van der Waals surface area contributed by atoms with E-state index in [2.05, 4.69) is 48.0 Å². The van der Waals surface area contributed by atoms with Gasteiger partial charge in [0.25, 0.3) is 0 Å². The number of hydrogen-bond donors (Lipinski definition) is 2. The third-order valence-electron chi connectivity index (χ3n) is 6.05. The second-order valence-electron chi connectivity index (χ2n) is 8.14. The zero-order chi connectivity index (χ0) is 21.8. The first-order valence-corrected chi connectivity index (χ1v) is 10.9. The Labute approximate surface area is 184 Å². The number of allylic oxidation sites excluding steroid dienone is 1. The molecule has 3 aromatic rings. The second kappa shape index (κ2) is 9.27. The van der Waals surface area contributed by atoms with E-state index in [9.17, 15) is 10.2 Å². The van der Waals surface area contributed by atoms with E-state index in [1.54, 1.807) is 24.3 Å². The van der Waals surface area contributed by atoms with Gasteiger partial charge in [0, 0.05) is 31.9 Å². The summed E-state index contributed by atoms with van der Waals surface area (Å²) in [6, 6.07) is 23.6. The van der Waals surface area contributed by atoms with Gasteiger partial charge >= 0.3 is 0 Å². The molecule has 4 rings (SSSR count). The van der Waals surface area contributed by atoms with E-state index in [-0.39, 0.29) is 11.5 Å². The predicted octanol–water partition coefficient (Wildman–Crippen LogP) is 5.22. The molecule has 0 radical (unpaired) electrons. The smallest absolute Gasteiger partial charge is 0.115 e. The van der Waals surface area contributed by atoms with Crippen LogP contribution in [-0.2, 0) is 0 Å². The summed E-state index contributed by atoms with van der Waals surface area (Å²) < 4.78 is 0. The number of likely N-dealkylation sites (N-methyl/N-ethyl adjacent to an activating group) is 1. The van der Waals surface area contributed by atoms with E-state index in [1.807, 2.05) is 24.3 Å². The zero-order valence-corrected chi connectivity index (χ0v) is 18.3. The number of aromatic hydroxyl groups is 2. The molecule has 1 aliphatic heterocycles. The van der Waals surface area contributed by atoms with Crippen LogP contribution in [0.5, 0.6) is 11.5 Å². The molecule has 0 aliphatic carbocycles. The Morgan fingerprint density at radius 1 is 0.677 bits per heavy atom. The van der Waals surface area contributed by atoms with Crippen LogP contribution in [0.4, 0.5) is 5.69 Å². The number of phenols is 2. The van der Waals surface area contributed by atoms with Crippen molar-refractivity contribution in [2.24, 2.45) is 0 Å². The fourth-order valence-corrected chi connectivity index (χ4v) is 4.23. The van der Waals surface area contributed by atoms with Gasteiger partial charge < -0.3 is 20.0 Å². The van der Waals surface area contributed by atoms with E-state index in [0.29, 0.717) is 0 Å². The first kappa shape index (κ1) is 21.0. The summed E-state index contributed by atoms with van der Waals surface area (Å²) in [5, 5.41) is 19.5. The maximum atomic E-state index is 9.80. The van der Waals surface area contributed by atoms with Crippen LogP contribution in [0.3, 0.4) is 0 Å². The third-order valence-corrected chi connectivity index (χ3v) is 6.05. The maximum Gasteiger partial charge on any atom is 0.115 e. The summed E-state index contributed by atoms with van der Waals surface area (Å²) >= 11 is 0. The van der Waals surface area contributed by atoms with Gasteiger partial charge in [0.2, 0.25) is 0 Å². The van der Waals surface area contributed by atoms with Gasteiger partial charge in [-0.15, -0.1) is 0 Å². The van der Waals surface area contributed by atoms with Crippen molar-refractivity contribution < 1.29 is 10.2 Å². The SMILES string of the molecule is CCC(=C(c1ccc(O)cc1)c1ccc(N2CCN(C)CC2)cc1)c1ccc(O)cc1. The van der Waals surface area contributed by atoms with Crippen molar-refractivity contribution in [3.8, 4) is 11.5 Å². The van der Waals surface area contributed by atoms with Crippen molar-refractivity contribution in [2.45, 2.75) is 13.3 Å². The Morgan fingerprint density at radius 2 is 1.13 bits per heavy atom. The molecule has 160 valence electrons. The molecular formula is C27H30N2O2. The number of nitrogens with zero attached hydrogens (tertiary/aromatic N) is 2. The highest BCUT2D eigenvalue weighted by Gasteiger charge is 2.16. The largest absolute Gasteiger partial charge is 0.508 e. The van der Waals surface area contributed by atoms with Crippen LogP contribution in [0, 0.1) is 0 Å². The molecule has 3 aromatic carbocycles. The molecule has 0 aromatic heterocycles. The standard InChI is InChI=1S/C27H30N2O2/c1-3-26(20-6-12-24(30)13-7-20)27(22-8-14-25(31)15-9-22)21-4-10-23(11-5-21)29-18-16-28(2)17-19-29/h4-15,30-31H,3,16-19H2,1-2H3. The first-order valence-electron chi connectivity index (χ1n) is 10.9. The number of piperazine rings is 1. The lowest BCUT2D eigenvalue weighted by Gasteiger charge is -2.34. The van der Waals surface area contributed by atoms with Gasteiger partial charge in [-0.05, 0) is 77.7 Å². The molecule has 4 heteroatoms. The van der Waals surface area contributed by atoms with Gasteiger partial charge in [-0.2, -0.15) is 0 Å². The van der Waals surface area contributed by atoms with Crippen LogP contribution >= 0.6 is 0 Å². The molecule has 4 nitrogen and oxygen atoms in total. The normalized spacial score (nSPS) is 15.6. The van der Waals surface area contributed by atoms with Crippen molar-refractivity contribution in [2.75, 3.05) is 38.1 Å². The van der Waals surface area contributed by atoms with Gasteiger partial charge in [-0.1, -0.05) is 43.3 Å². The van der Waals surface area contributed by atoms with Crippen LogP contribution in [0.2, 0.25) is 0 Å². The lowest BCUT2D eigenvalue weighted by Crippen LogP contribution is -2.44. The number of hydrogen-bond acceptors (Lipinski definition) is 4. The van der Waals surface area contributed by atoms with Crippen molar-refractivity contribution in [3.05, 3.63) is 89.5 Å². The maximum absolute atomic E-state index is 9.80. The molecule has 31 heavy (non-hydrogen) atoms. The second-order valence-corrected chi connectivity index (χ2v) is 8.14. The highest BCUT2D eigenvalue weighted by Crippen LogP contribution is 2.36. The number of anilines is 1. The fraction of sp³-hybridized carbons (Fsp3) is 0.259. The Balaban J connectivity index is 1.77. The lowest BCUT2D eigenvalue weighted by molar-refractivity contribution is 0.313. The van der Waals surface area contributed by atoms with Crippen molar-refractivity contribution in [3.63, 3.8) is 0 Å². The number of benzene rings is 3. The molecular weight excluding hydrogens is 384 g/mol. The molecule has 1 fully saturated rings. The fourth-order valence-electron chi connectivity index (χ4n) is 4.23. The molecule has 1 aliphatic rings. The first-order chi connectivity index (χ1) is 15.0. The monoisotopic (exact) mass is 414 g/mol. The van der Waals surface area contributed by atoms with Gasteiger partial charge in [-0.25, -0.2) is 0 Å². The molecule has 0 saturated carbocycles. The quantitative estimate of drug-likeness (QED) is 0.562. The average Bonchev–Trinajstić information content (AvgIpc) is 2.80. The zero-order valence-electron chi connectivity index (χ0n) is 18.3. The van der Waals surface area contributed by atoms with Gasteiger partial charge in [0.15, 0.2) is 0 Å². The Bertz CT molecular complexity index is 1030. The highest BCUT2D eigenvalue weighted by atomic mass is 16.3. The third kappa shape index (κ3) is 4.75. The number of rotatable bonds is 5. The van der Waals surface area contributed by atoms with Crippen LogP contribution in [0.25, 0.3) is 11.1 Å². The van der Waals surface area contributed by atoms with Crippen molar-refractivity contribution in [1.29, 1.82) is 0 Å². The highest BCUT2D eigenvalue weighted by molar-refractivity contribution is 5.98. The van der Waals surface area contributed by atoms with E-state index >= 15 is 0 Å². The lowest BCUT2D eigenvalue weighted by atomic mass is 9.88. The van der Waals surface area contributed by atoms with Gasteiger partial charge in [-0.3, -0.25) is 0 Å². The Hall–Kier alpha value is -3.24. The Kier molecular flexibility index (Phi) is 6.28. The van der Waals surface area contributed by atoms with Crippen LogP contribution in [-0.4, -0.2) is 48.3 Å². The minimum Gasteiger partial charge on any atom is -0.508 e. The van der Waals surface area contributed by atoms with E-state index in [1.165, 1.54) is 11.3 Å². The molecule has 0 amide bonds. The van der Waals surface area contributed by atoms with E-state index in [4.69, 9.17) is 0 Å². The minimum atomic E-state index is 0.260. The van der Waals surface area contributed by atoms with Crippen molar-refractivity contribution >= 4 is 16.8 Å². The summed E-state index contributed by atoms with van der Waals surface area (Å²) in [5.41, 5.74) is 6.91. The molecule has 1 saturated heterocycles.